The lowest BCUT2D eigenvalue weighted by Crippen LogP contribution is -2.49. The lowest BCUT2D eigenvalue weighted by Gasteiger charge is -2.41. The summed E-state index contributed by atoms with van der Waals surface area (Å²) >= 11 is 5.77. The fraction of sp³-hybridized carbons (Fsp3) is 0.583. The number of pyridine rings is 1. The van der Waals surface area contributed by atoms with E-state index in [2.05, 4.69) is 4.98 Å². The van der Waals surface area contributed by atoms with Gasteiger partial charge in [0.2, 0.25) is 5.95 Å². The van der Waals surface area contributed by atoms with Gasteiger partial charge in [0.05, 0.1) is 21.1 Å². The molecule has 0 radical (unpaired) electrons. The van der Waals surface area contributed by atoms with Gasteiger partial charge in [0, 0.05) is 11.8 Å². The molecule has 2 heterocycles. The van der Waals surface area contributed by atoms with Crippen LogP contribution in [0.4, 0.5) is 4.39 Å². The highest BCUT2D eigenvalue weighted by Gasteiger charge is 2.49. The van der Waals surface area contributed by atoms with Crippen LogP contribution >= 0.6 is 11.6 Å². The lowest BCUT2D eigenvalue weighted by molar-refractivity contribution is 0.00616. The quantitative estimate of drug-likeness (QED) is 0.806. The van der Waals surface area contributed by atoms with Gasteiger partial charge >= 0.3 is 0 Å². The summed E-state index contributed by atoms with van der Waals surface area (Å²) in [6, 6.07) is 1.30. The number of nitrogens with zero attached hydrogens (tertiary/aromatic N) is 1. The Kier molecular flexibility index (Phi) is 3.40. The second-order valence-corrected chi connectivity index (χ2v) is 8.71. The van der Waals surface area contributed by atoms with Crippen molar-refractivity contribution in [2.75, 3.05) is 5.75 Å². The molecular formula is C12H15ClFNO3S. The van der Waals surface area contributed by atoms with Gasteiger partial charge in [-0.3, -0.25) is 0 Å². The summed E-state index contributed by atoms with van der Waals surface area (Å²) in [7, 11) is -3.30. The van der Waals surface area contributed by atoms with Crippen LogP contribution < -0.4 is 0 Å². The van der Waals surface area contributed by atoms with Crippen molar-refractivity contribution in [3.8, 4) is 0 Å². The molecule has 0 bridgehead atoms. The van der Waals surface area contributed by atoms with Gasteiger partial charge in [0.1, 0.15) is 0 Å². The Morgan fingerprint density at radius 1 is 1.47 bits per heavy atom. The molecule has 1 unspecified atom stereocenters. The molecule has 0 saturated carbocycles. The minimum Gasteiger partial charge on any atom is -0.385 e. The third kappa shape index (κ3) is 2.49. The largest absolute Gasteiger partial charge is 0.385 e. The Morgan fingerprint density at radius 3 is 2.68 bits per heavy atom. The predicted molar refractivity (Wildman–Crippen MR) is 70.2 cm³/mol. The lowest BCUT2D eigenvalue weighted by atomic mass is 9.83. The molecule has 0 aromatic carbocycles. The van der Waals surface area contributed by atoms with Crippen LogP contribution in [0, 0.1) is 5.95 Å². The van der Waals surface area contributed by atoms with Gasteiger partial charge in [-0.25, -0.2) is 13.4 Å². The Hall–Kier alpha value is -0.720. The van der Waals surface area contributed by atoms with Crippen molar-refractivity contribution in [1.29, 1.82) is 0 Å². The summed E-state index contributed by atoms with van der Waals surface area (Å²) in [5.74, 6) is -1.01. The van der Waals surface area contributed by atoms with E-state index in [1.807, 2.05) is 0 Å². The molecule has 7 heteroatoms. The standard InChI is InChI=1S/C12H15ClFNO3S/c1-11(2)7-12(16,3-4-19(11,17)18)9-5-8(13)6-15-10(9)14/h5-6,16H,3-4,7H2,1-2H3. The maximum atomic E-state index is 13.8. The third-order valence-electron chi connectivity index (χ3n) is 3.65. The molecule has 1 aromatic rings. The molecular weight excluding hydrogens is 293 g/mol. The zero-order valence-corrected chi connectivity index (χ0v) is 12.2. The zero-order valence-electron chi connectivity index (χ0n) is 10.7. The molecule has 19 heavy (non-hydrogen) atoms. The van der Waals surface area contributed by atoms with Gasteiger partial charge in [0.15, 0.2) is 9.84 Å². The number of hydrogen-bond donors (Lipinski definition) is 1. The first-order valence-corrected chi connectivity index (χ1v) is 7.87. The molecule has 0 aliphatic carbocycles. The molecule has 4 nitrogen and oxygen atoms in total. The van der Waals surface area contributed by atoms with Crippen LogP contribution in [-0.2, 0) is 15.4 Å². The van der Waals surface area contributed by atoms with Crippen molar-refractivity contribution in [3.05, 3.63) is 28.8 Å². The fourth-order valence-electron chi connectivity index (χ4n) is 2.46. The van der Waals surface area contributed by atoms with E-state index in [-0.39, 0.29) is 29.2 Å². The minimum absolute atomic E-state index is 0.0389. The number of rotatable bonds is 1. The maximum Gasteiger partial charge on any atom is 0.219 e. The van der Waals surface area contributed by atoms with Crippen molar-refractivity contribution in [3.63, 3.8) is 0 Å². The molecule has 1 fully saturated rings. The molecule has 0 spiro atoms. The Balaban J connectivity index is 2.48. The van der Waals surface area contributed by atoms with Crippen LogP contribution in [0.15, 0.2) is 12.3 Å². The van der Waals surface area contributed by atoms with Crippen LogP contribution in [0.5, 0.6) is 0 Å². The average Bonchev–Trinajstić information content (AvgIpc) is 2.28. The Labute approximate surface area is 116 Å². The Bertz CT molecular complexity index is 617. The molecule has 1 saturated heterocycles. The van der Waals surface area contributed by atoms with Crippen LogP contribution in [0.25, 0.3) is 0 Å². The summed E-state index contributed by atoms with van der Waals surface area (Å²) in [5, 5.41) is 10.8. The molecule has 1 aromatic heterocycles. The Morgan fingerprint density at radius 2 is 2.11 bits per heavy atom. The van der Waals surface area contributed by atoms with Crippen LogP contribution in [0.2, 0.25) is 5.02 Å². The molecule has 1 aliphatic heterocycles. The number of halogens is 2. The highest BCUT2D eigenvalue weighted by atomic mass is 35.5. The molecule has 0 amide bonds. The summed E-state index contributed by atoms with van der Waals surface area (Å²) in [5.41, 5.74) is -1.60. The van der Waals surface area contributed by atoms with Crippen molar-refractivity contribution in [2.45, 2.75) is 37.0 Å². The first-order chi connectivity index (χ1) is 8.57. The summed E-state index contributed by atoms with van der Waals surface area (Å²) in [6.07, 6.45) is 1.01. The number of hydrogen-bond acceptors (Lipinski definition) is 4. The van der Waals surface area contributed by atoms with Crippen LogP contribution in [-0.4, -0.2) is 29.0 Å². The van der Waals surface area contributed by atoms with Crippen molar-refractivity contribution in [1.82, 2.24) is 4.98 Å². The normalized spacial score (nSPS) is 29.1. The summed E-state index contributed by atoms with van der Waals surface area (Å²) in [6.45, 7) is 3.06. The average molecular weight is 308 g/mol. The molecule has 2 rings (SSSR count). The highest BCUT2D eigenvalue weighted by molar-refractivity contribution is 7.92. The SMILES string of the molecule is CC1(C)CC(O)(c2cc(Cl)cnc2F)CCS1(=O)=O. The molecule has 1 aliphatic rings. The first kappa shape index (κ1) is 14.7. The number of aliphatic hydroxyl groups is 1. The van der Waals surface area contributed by atoms with Gasteiger partial charge in [0.25, 0.3) is 0 Å². The zero-order chi connectivity index (χ0) is 14.5. The van der Waals surface area contributed by atoms with Gasteiger partial charge in [-0.15, -0.1) is 0 Å². The fourth-order valence-corrected chi connectivity index (χ4v) is 4.24. The van der Waals surface area contributed by atoms with E-state index in [9.17, 15) is 17.9 Å². The van der Waals surface area contributed by atoms with E-state index >= 15 is 0 Å². The van der Waals surface area contributed by atoms with Gasteiger partial charge < -0.3 is 5.11 Å². The van der Waals surface area contributed by atoms with Crippen molar-refractivity contribution in [2.24, 2.45) is 0 Å². The highest BCUT2D eigenvalue weighted by Crippen LogP contribution is 2.43. The van der Waals surface area contributed by atoms with E-state index in [1.54, 1.807) is 0 Å². The van der Waals surface area contributed by atoms with Crippen LogP contribution in [0.1, 0.15) is 32.3 Å². The van der Waals surface area contributed by atoms with Crippen molar-refractivity contribution < 1.29 is 17.9 Å². The summed E-state index contributed by atoms with van der Waals surface area (Å²) < 4.78 is 36.5. The van der Waals surface area contributed by atoms with E-state index in [0.29, 0.717) is 0 Å². The van der Waals surface area contributed by atoms with E-state index < -0.39 is 26.1 Å². The number of sulfone groups is 1. The summed E-state index contributed by atoms with van der Waals surface area (Å²) in [4.78, 5) is 3.48. The number of aromatic nitrogens is 1. The monoisotopic (exact) mass is 307 g/mol. The van der Waals surface area contributed by atoms with E-state index in [1.165, 1.54) is 19.9 Å². The van der Waals surface area contributed by atoms with Gasteiger partial charge in [-0.1, -0.05) is 11.6 Å². The predicted octanol–water partition coefficient (Wildman–Crippen LogP) is 2.05. The third-order valence-corrected chi connectivity index (χ3v) is 6.43. The molecule has 1 N–H and O–H groups in total. The topological polar surface area (TPSA) is 67.3 Å². The van der Waals surface area contributed by atoms with E-state index in [4.69, 9.17) is 11.6 Å². The second-order valence-electron chi connectivity index (χ2n) is 5.53. The van der Waals surface area contributed by atoms with E-state index in [0.717, 1.165) is 6.20 Å². The van der Waals surface area contributed by atoms with Crippen molar-refractivity contribution >= 4 is 21.4 Å². The van der Waals surface area contributed by atoms with Gasteiger partial charge in [-0.05, 0) is 32.8 Å². The molecule has 106 valence electrons. The second kappa shape index (κ2) is 4.40. The smallest absolute Gasteiger partial charge is 0.219 e. The van der Waals surface area contributed by atoms with Gasteiger partial charge in [-0.2, -0.15) is 4.39 Å². The molecule has 1 atom stereocenters. The minimum atomic E-state index is -3.30. The first-order valence-electron chi connectivity index (χ1n) is 5.84. The van der Waals surface area contributed by atoms with Crippen LogP contribution in [0.3, 0.4) is 0 Å². The maximum absolute atomic E-state index is 13.8.